The zero-order valence-electron chi connectivity index (χ0n) is 16.9. The second-order valence-corrected chi connectivity index (χ2v) is 8.75. The van der Waals surface area contributed by atoms with Gasteiger partial charge in [0.2, 0.25) is 0 Å². The van der Waals surface area contributed by atoms with Crippen molar-refractivity contribution in [3.63, 3.8) is 0 Å². The number of nitrogens with zero attached hydrogens (tertiary/aromatic N) is 1. The van der Waals surface area contributed by atoms with Gasteiger partial charge in [0.1, 0.15) is 5.75 Å². The summed E-state index contributed by atoms with van der Waals surface area (Å²) in [6.07, 6.45) is 3.77. The molecule has 1 saturated heterocycles. The van der Waals surface area contributed by atoms with E-state index in [2.05, 4.69) is 70.2 Å². The Bertz CT molecular complexity index is 787. The van der Waals surface area contributed by atoms with E-state index in [4.69, 9.17) is 9.47 Å². The number of ether oxygens (including phenoxy) is 2. The lowest BCUT2D eigenvalue weighted by molar-refractivity contribution is -0.0590. The first-order valence-corrected chi connectivity index (χ1v) is 11.5. The molecule has 0 aromatic heterocycles. The molecular formula is C24H30BrNO2. The molecule has 1 fully saturated rings. The molecule has 0 radical (unpaired) electrons. The third-order valence-corrected chi connectivity index (χ3v) is 6.92. The fourth-order valence-corrected chi connectivity index (χ4v) is 5.31. The van der Waals surface area contributed by atoms with Crippen LogP contribution >= 0.6 is 15.9 Å². The van der Waals surface area contributed by atoms with Crippen molar-refractivity contribution in [2.24, 2.45) is 5.92 Å². The molecule has 2 aliphatic heterocycles. The van der Waals surface area contributed by atoms with Crippen LogP contribution in [0.4, 0.5) is 0 Å². The summed E-state index contributed by atoms with van der Waals surface area (Å²) in [4.78, 5) is 2.58. The summed E-state index contributed by atoms with van der Waals surface area (Å²) in [6, 6.07) is 15.2. The van der Waals surface area contributed by atoms with Crippen molar-refractivity contribution in [1.29, 1.82) is 0 Å². The molecule has 3 nitrogen and oxygen atoms in total. The minimum Gasteiger partial charge on any atom is -0.496 e. The topological polar surface area (TPSA) is 21.7 Å². The largest absolute Gasteiger partial charge is 0.496 e. The van der Waals surface area contributed by atoms with Crippen molar-refractivity contribution in [2.75, 3.05) is 25.5 Å². The molecule has 0 spiro atoms. The van der Waals surface area contributed by atoms with Crippen LogP contribution in [0.15, 0.2) is 42.5 Å². The van der Waals surface area contributed by atoms with Crippen molar-refractivity contribution in [3.8, 4) is 5.75 Å². The summed E-state index contributed by atoms with van der Waals surface area (Å²) in [7, 11) is 1.79. The van der Waals surface area contributed by atoms with Gasteiger partial charge in [-0.1, -0.05) is 58.4 Å². The molecule has 150 valence electrons. The average Bonchev–Trinajstić information content (AvgIpc) is 2.74. The van der Waals surface area contributed by atoms with Gasteiger partial charge in [0.15, 0.2) is 0 Å². The second kappa shape index (κ2) is 8.98. The summed E-state index contributed by atoms with van der Waals surface area (Å²) in [5, 5.41) is 0.829. The van der Waals surface area contributed by atoms with Crippen LogP contribution in [0.5, 0.6) is 5.75 Å². The summed E-state index contributed by atoms with van der Waals surface area (Å²) in [5.41, 5.74) is 5.27. The Morgan fingerprint density at radius 1 is 1.11 bits per heavy atom. The molecule has 0 amide bonds. The van der Waals surface area contributed by atoms with Crippen LogP contribution in [-0.4, -0.2) is 36.5 Å². The van der Waals surface area contributed by atoms with Gasteiger partial charge in [-0.05, 0) is 55.5 Å². The zero-order chi connectivity index (χ0) is 19.5. The molecule has 2 aromatic carbocycles. The number of hydrogen-bond acceptors (Lipinski definition) is 3. The zero-order valence-corrected chi connectivity index (χ0v) is 18.5. The van der Waals surface area contributed by atoms with Crippen LogP contribution in [0.2, 0.25) is 0 Å². The highest BCUT2D eigenvalue weighted by atomic mass is 79.9. The van der Waals surface area contributed by atoms with Gasteiger partial charge in [0, 0.05) is 23.9 Å². The van der Waals surface area contributed by atoms with Gasteiger partial charge in [-0.3, -0.25) is 4.90 Å². The third kappa shape index (κ3) is 4.14. The second-order valence-electron chi connectivity index (χ2n) is 8.10. The lowest BCUT2D eigenvalue weighted by Gasteiger charge is -2.40. The quantitative estimate of drug-likeness (QED) is 0.585. The van der Waals surface area contributed by atoms with Crippen LogP contribution < -0.4 is 4.74 Å². The summed E-state index contributed by atoms with van der Waals surface area (Å²) in [5.74, 6) is 1.67. The first-order chi connectivity index (χ1) is 13.7. The Balaban J connectivity index is 1.44. The highest BCUT2D eigenvalue weighted by Crippen LogP contribution is 2.41. The molecule has 0 saturated carbocycles. The van der Waals surface area contributed by atoms with Gasteiger partial charge in [0.05, 0.1) is 19.3 Å². The van der Waals surface area contributed by atoms with Gasteiger partial charge in [-0.15, -0.1) is 0 Å². The number of halogens is 1. The minimum atomic E-state index is 0.116. The number of piperidine rings is 1. The number of likely N-dealkylation sites (tertiary alicyclic amines) is 1. The number of fused-ring (bicyclic) bond motifs is 1. The van der Waals surface area contributed by atoms with E-state index >= 15 is 0 Å². The van der Waals surface area contributed by atoms with Crippen LogP contribution in [0, 0.1) is 12.8 Å². The minimum absolute atomic E-state index is 0.116. The molecule has 2 aliphatic rings. The first kappa shape index (κ1) is 19.9. The number of hydrogen-bond donors (Lipinski definition) is 0. The van der Waals surface area contributed by atoms with E-state index in [9.17, 15) is 0 Å². The SMILES string of the molecule is COc1c(C)ccc2c1CC(C1CCN(Cc3ccccc3)CC1)OC2CBr. The van der Waals surface area contributed by atoms with Crippen molar-refractivity contribution in [2.45, 2.75) is 44.9 Å². The Morgan fingerprint density at radius 2 is 1.86 bits per heavy atom. The molecule has 4 rings (SSSR count). The third-order valence-electron chi connectivity index (χ3n) is 6.34. The van der Waals surface area contributed by atoms with E-state index in [0.29, 0.717) is 5.92 Å². The van der Waals surface area contributed by atoms with E-state index in [1.54, 1.807) is 7.11 Å². The molecule has 0 aliphatic carbocycles. The average molecular weight is 444 g/mol. The van der Waals surface area contributed by atoms with E-state index in [1.807, 2.05) is 0 Å². The Kier molecular flexibility index (Phi) is 6.39. The van der Waals surface area contributed by atoms with Gasteiger partial charge in [-0.2, -0.15) is 0 Å². The van der Waals surface area contributed by atoms with E-state index < -0.39 is 0 Å². The first-order valence-electron chi connectivity index (χ1n) is 10.3. The highest BCUT2D eigenvalue weighted by Gasteiger charge is 2.35. The summed E-state index contributed by atoms with van der Waals surface area (Å²) >= 11 is 3.67. The Morgan fingerprint density at radius 3 is 2.54 bits per heavy atom. The molecule has 2 heterocycles. The number of aryl methyl sites for hydroxylation is 1. The number of alkyl halides is 1. The standard InChI is InChI=1S/C24H30BrNO2/c1-17-8-9-20-21(24(17)27-2)14-22(28-23(20)15-25)19-10-12-26(13-11-19)16-18-6-4-3-5-7-18/h3-9,19,22-23H,10-16H2,1-2H3. The van der Waals surface area contributed by atoms with Crippen LogP contribution in [-0.2, 0) is 17.7 Å². The van der Waals surface area contributed by atoms with Crippen LogP contribution in [0.1, 0.15) is 41.2 Å². The maximum atomic E-state index is 6.57. The molecule has 0 N–H and O–H groups in total. The smallest absolute Gasteiger partial charge is 0.125 e. The fourth-order valence-electron chi connectivity index (χ4n) is 4.81. The van der Waals surface area contributed by atoms with Gasteiger partial charge in [-0.25, -0.2) is 0 Å². The van der Waals surface area contributed by atoms with E-state index in [-0.39, 0.29) is 12.2 Å². The molecule has 2 aromatic rings. The highest BCUT2D eigenvalue weighted by molar-refractivity contribution is 9.09. The molecule has 28 heavy (non-hydrogen) atoms. The van der Waals surface area contributed by atoms with Gasteiger partial charge >= 0.3 is 0 Å². The van der Waals surface area contributed by atoms with Crippen molar-refractivity contribution in [3.05, 3.63) is 64.7 Å². The molecule has 0 bridgehead atoms. The molecule has 2 unspecified atom stereocenters. The number of benzene rings is 2. The number of methoxy groups -OCH3 is 1. The Labute approximate surface area is 177 Å². The van der Waals surface area contributed by atoms with Crippen molar-refractivity contribution < 1.29 is 9.47 Å². The normalized spacial score (nSPS) is 23.4. The maximum Gasteiger partial charge on any atom is 0.125 e. The molecular weight excluding hydrogens is 414 g/mol. The fraction of sp³-hybridized carbons (Fsp3) is 0.500. The van der Waals surface area contributed by atoms with Crippen LogP contribution in [0.25, 0.3) is 0 Å². The molecule has 2 atom stereocenters. The predicted molar refractivity (Wildman–Crippen MR) is 117 cm³/mol. The maximum absolute atomic E-state index is 6.57. The lowest BCUT2D eigenvalue weighted by Crippen LogP contribution is -2.41. The van der Waals surface area contributed by atoms with E-state index in [1.165, 1.54) is 35.1 Å². The summed E-state index contributed by atoms with van der Waals surface area (Å²) in [6.45, 7) is 5.49. The van der Waals surface area contributed by atoms with Crippen molar-refractivity contribution >= 4 is 15.9 Å². The van der Waals surface area contributed by atoms with Crippen molar-refractivity contribution in [1.82, 2.24) is 4.90 Å². The Hall–Kier alpha value is -1.36. The molecule has 4 heteroatoms. The van der Waals surface area contributed by atoms with Gasteiger partial charge in [0.25, 0.3) is 0 Å². The summed E-state index contributed by atoms with van der Waals surface area (Å²) < 4.78 is 12.3. The number of rotatable bonds is 5. The van der Waals surface area contributed by atoms with E-state index in [0.717, 1.165) is 37.1 Å². The monoisotopic (exact) mass is 443 g/mol. The lowest BCUT2D eigenvalue weighted by atomic mass is 9.83. The predicted octanol–water partition coefficient (Wildman–Crippen LogP) is 5.29. The van der Waals surface area contributed by atoms with Crippen LogP contribution in [0.3, 0.4) is 0 Å². The van der Waals surface area contributed by atoms with Gasteiger partial charge < -0.3 is 9.47 Å².